The molecule has 1 aliphatic heterocycles. The molecule has 0 aromatic rings. The number of carbonyl (C=O) groups excluding carboxylic acids is 1. The summed E-state index contributed by atoms with van der Waals surface area (Å²) in [6, 6.07) is 0. The summed E-state index contributed by atoms with van der Waals surface area (Å²) in [5.74, 6) is 1.66. The van der Waals surface area contributed by atoms with Gasteiger partial charge in [0.05, 0.1) is 0 Å². The first-order valence-corrected chi connectivity index (χ1v) is 8.62. The van der Waals surface area contributed by atoms with Crippen LogP contribution in [0, 0.1) is 23.2 Å². The third-order valence-electron chi connectivity index (χ3n) is 6.07. The molecule has 2 unspecified atom stereocenters. The Hall–Kier alpha value is -0.0900. The van der Waals surface area contributed by atoms with Crippen molar-refractivity contribution in [2.75, 3.05) is 5.33 Å². The van der Waals surface area contributed by atoms with Gasteiger partial charge in [-0.05, 0) is 56.3 Å². The number of hydrogen-bond acceptors (Lipinski definition) is 3. The molecule has 4 heteroatoms. The number of carbonyl (C=O) groups is 1. The van der Waals surface area contributed by atoms with E-state index in [4.69, 9.17) is 9.47 Å². The van der Waals surface area contributed by atoms with Gasteiger partial charge in [-0.1, -0.05) is 15.9 Å². The average molecular weight is 329 g/mol. The van der Waals surface area contributed by atoms with Crippen LogP contribution < -0.4 is 0 Å². The molecule has 0 aromatic carbocycles. The van der Waals surface area contributed by atoms with Gasteiger partial charge in [-0.2, -0.15) is 0 Å². The maximum Gasteiger partial charge on any atom is 0.338 e. The number of rotatable bonds is 2. The number of esters is 1. The van der Waals surface area contributed by atoms with Crippen molar-refractivity contribution in [2.24, 2.45) is 23.2 Å². The van der Waals surface area contributed by atoms with E-state index < -0.39 is 11.9 Å². The molecule has 19 heavy (non-hydrogen) atoms. The maximum atomic E-state index is 11.9. The monoisotopic (exact) mass is 328 g/mol. The van der Waals surface area contributed by atoms with Crippen LogP contribution >= 0.6 is 15.9 Å². The van der Waals surface area contributed by atoms with Gasteiger partial charge in [0.25, 0.3) is 0 Å². The van der Waals surface area contributed by atoms with Crippen molar-refractivity contribution >= 4 is 21.9 Å². The first kappa shape index (κ1) is 12.6. The van der Waals surface area contributed by atoms with Gasteiger partial charge in [-0.15, -0.1) is 0 Å². The number of cyclic esters (lactones) is 1. The van der Waals surface area contributed by atoms with E-state index in [1.807, 2.05) is 6.92 Å². The average Bonchev–Trinajstić information content (AvgIpc) is 2.64. The largest absolute Gasteiger partial charge is 0.431 e. The van der Waals surface area contributed by atoms with Gasteiger partial charge in [0.2, 0.25) is 5.79 Å². The molecule has 4 aliphatic carbocycles. The van der Waals surface area contributed by atoms with Crippen LogP contribution in [-0.4, -0.2) is 23.2 Å². The maximum absolute atomic E-state index is 11.9. The second-order valence-electron chi connectivity index (χ2n) is 7.33. The minimum Gasteiger partial charge on any atom is -0.431 e. The van der Waals surface area contributed by atoms with Gasteiger partial charge in [0, 0.05) is 17.7 Å². The lowest BCUT2D eigenvalue weighted by Crippen LogP contribution is -2.57. The second-order valence-corrected chi connectivity index (χ2v) is 7.97. The van der Waals surface area contributed by atoms with E-state index in [2.05, 4.69) is 15.9 Å². The molecule has 0 amide bonds. The molecule has 2 atom stereocenters. The minimum absolute atomic E-state index is 0.0916. The molecule has 1 heterocycles. The molecule has 5 rings (SSSR count). The summed E-state index contributed by atoms with van der Waals surface area (Å²) in [7, 11) is 0. The van der Waals surface area contributed by atoms with Gasteiger partial charge >= 0.3 is 5.97 Å². The normalized spacial score (nSPS) is 55.6. The first-order chi connectivity index (χ1) is 9.03. The molecule has 4 saturated carbocycles. The van der Waals surface area contributed by atoms with Crippen LogP contribution in [0.1, 0.15) is 45.4 Å². The summed E-state index contributed by atoms with van der Waals surface area (Å²) in [6.45, 7) is 2.01. The molecule has 1 saturated heterocycles. The van der Waals surface area contributed by atoms with Crippen molar-refractivity contribution in [3.8, 4) is 0 Å². The topological polar surface area (TPSA) is 35.5 Å². The molecule has 0 radical (unpaired) electrons. The van der Waals surface area contributed by atoms with Crippen LogP contribution in [0.3, 0.4) is 0 Å². The number of alkyl halides is 1. The van der Waals surface area contributed by atoms with E-state index in [9.17, 15) is 4.79 Å². The molecule has 3 nitrogen and oxygen atoms in total. The third-order valence-corrected chi connectivity index (χ3v) is 6.66. The highest BCUT2D eigenvalue weighted by atomic mass is 79.9. The molecule has 0 spiro atoms. The summed E-state index contributed by atoms with van der Waals surface area (Å²) < 4.78 is 11.8. The van der Waals surface area contributed by atoms with Crippen LogP contribution in [0.15, 0.2) is 0 Å². The van der Waals surface area contributed by atoms with Crippen molar-refractivity contribution in [2.45, 2.75) is 57.3 Å². The summed E-state index contributed by atoms with van der Waals surface area (Å²) in [5.41, 5.74) is 0.0916. The fourth-order valence-corrected chi connectivity index (χ4v) is 5.99. The number of halogens is 1. The predicted octanol–water partition coefficient (Wildman–Crippen LogP) is 3.26. The van der Waals surface area contributed by atoms with Crippen LogP contribution in [0.5, 0.6) is 0 Å². The van der Waals surface area contributed by atoms with Crippen molar-refractivity contribution in [3.63, 3.8) is 0 Å². The van der Waals surface area contributed by atoms with Crippen molar-refractivity contribution in [1.29, 1.82) is 0 Å². The van der Waals surface area contributed by atoms with Gasteiger partial charge in [-0.3, -0.25) is 0 Å². The van der Waals surface area contributed by atoms with Crippen LogP contribution in [0.25, 0.3) is 0 Å². The van der Waals surface area contributed by atoms with E-state index >= 15 is 0 Å². The Kier molecular flexibility index (Phi) is 2.64. The summed E-state index contributed by atoms with van der Waals surface area (Å²) in [6.07, 6.45) is 7.34. The quantitative estimate of drug-likeness (QED) is 0.576. The van der Waals surface area contributed by atoms with Gasteiger partial charge in [0.1, 0.15) is 0 Å². The van der Waals surface area contributed by atoms with Crippen LogP contribution in [-0.2, 0) is 14.3 Å². The standard InChI is InChI=1S/C15H21BrO3/c1-14(18-12(8-16)13(17)19-14)15-5-9-2-10(6-15)4-11(3-9)7-15/h9-12H,2-8H2,1H3. The highest BCUT2D eigenvalue weighted by Crippen LogP contribution is 2.65. The van der Waals surface area contributed by atoms with E-state index in [0.717, 1.165) is 17.8 Å². The molecule has 0 N–H and O–H groups in total. The molecule has 106 valence electrons. The zero-order valence-electron chi connectivity index (χ0n) is 11.4. The molecule has 5 aliphatic rings. The van der Waals surface area contributed by atoms with Crippen LogP contribution in [0.2, 0.25) is 0 Å². The Morgan fingerprint density at radius 1 is 1.16 bits per heavy atom. The van der Waals surface area contributed by atoms with Gasteiger partial charge in [0.15, 0.2) is 6.10 Å². The summed E-state index contributed by atoms with van der Waals surface area (Å²) in [5, 5.41) is 0.536. The highest BCUT2D eigenvalue weighted by molar-refractivity contribution is 9.09. The Balaban J connectivity index is 1.66. The fourth-order valence-electron chi connectivity index (χ4n) is 5.60. The van der Waals surface area contributed by atoms with Gasteiger partial charge < -0.3 is 9.47 Å². The zero-order valence-corrected chi connectivity index (χ0v) is 12.9. The number of hydrogen-bond donors (Lipinski definition) is 0. The lowest BCUT2D eigenvalue weighted by Gasteiger charge is -2.60. The summed E-state index contributed by atoms with van der Waals surface area (Å²) >= 11 is 3.35. The SMILES string of the molecule is CC1(C23CC4CC(CC(C4)C2)C3)OC(=O)C(CBr)O1. The Labute approximate surface area is 122 Å². The molecular weight excluding hydrogens is 308 g/mol. The van der Waals surface area contributed by atoms with E-state index in [0.29, 0.717) is 5.33 Å². The van der Waals surface area contributed by atoms with E-state index in [-0.39, 0.29) is 11.4 Å². The van der Waals surface area contributed by atoms with Crippen molar-refractivity contribution in [3.05, 3.63) is 0 Å². The lowest BCUT2D eigenvalue weighted by atomic mass is 9.47. The summed E-state index contributed by atoms with van der Waals surface area (Å²) in [4.78, 5) is 11.9. The highest BCUT2D eigenvalue weighted by Gasteiger charge is 2.64. The Morgan fingerprint density at radius 3 is 2.11 bits per heavy atom. The van der Waals surface area contributed by atoms with E-state index in [1.54, 1.807) is 0 Å². The zero-order chi connectivity index (χ0) is 13.3. The van der Waals surface area contributed by atoms with Gasteiger partial charge in [-0.25, -0.2) is 4.79 Å². The smallest absolute Gasteiger partial charge is 0.338 e. The van der Waals surface area contributed by atoms with E-state index in [1.165, 1.54) is 38.5 Å². The molecule has 0 aromatic heterocycles. The lowest BCUT2D eigenvalue weighted by molar-refractivity contribution is -0.272. The molecule has 4 bridgehead atoms. The molecule has 5 fully saturated rings. The third kappa shape index (κ3) is 1.68. The van der Waals surface area contributed by atoms with Crippen molar-refractivity contribution in [1.82, 2.24) is 0 Å². The fraction of sp³-hybridized carbons (Fsp3) is 0.933. The predicted molar refractivity (Wildman–Crippen MR) is 73.8 cm³/mol. The van der Waals surface area contributed by atoms with Crippen LogP contribution in [0.4, 0.5) is 0 Å². The first-order valence-electron chi connectivity index (χ1n) is 7.50. The Bertz CT molecular complexity index is 386. The Morgan fingerprint density at radius 2 is 1.68 bits per heavy atom. The minimum atomic E-state index is -0.682. The second kappa shape index (κ2) is 3.97. The number of ether oxygens (including phenoxy) is 2. The molecular formula is C15H21BrO3. The van der Waals surface area contributed by atoms with Crippen molar-refractivity contribution < 1.29 is 14.3 Å².